The number of imidazole rings is 1. The highest BCUT2D eigenvalue weighted by Crippen LogP contribution is 2.25. The van der Waals surface area contributed by atoms with Gasteiger partial charge in [-0.3, -0.25) is 4.40 Å². The Bertz CT molecular complexity index is 692. The molecule has 0 saturated heterocycles. The predicted octanol–water partition coefficient (Wildman–Crippen LogP) is 3.15. The Morgan fingerprint density at radius 3 is 2.61 bits per heavy atom. The lowest BCUT2D eigenvalue weighted by molar-refractivity contribution is 0.276. The molecule has 0 unspecified atom stereocenters. The Kier molecular flexibility index (Phi) is 2.78. The number of nitrogens with zero attached hydrogens (tertiary/aromatic N) is 2. The summed E-state index contributed by atoms with van der Waals surface area (Å²) in [6, 6.07) is 13.4. The summed E-state index contributed by atoms with van der Waals surface area (Å²) in [5.74, 6) is 0. The van der Waals surface area contributed by atoms with Crippen LogP contribution in [0.1, 0.15) is 5.69 Å². The third-order valence-corrected chi connectivity index (χ3v) is 3.10. The minimum absolute atomic E-state index is 0.0776. The Morgan fingerprint density at radius 2 is 1.89 bits per heavy atom. The zero-order valence-electron chi connectivity index (χ0n) is 9.55. The molecule has 1 N–H and O–H groups in total. The molecular formula is C14H11ClN2O. The smallest absolute Gasteiger partial charge is 0.137 e. The molecule has 0 aliphatic heterocycles. The molecule has 0 aliphatic rings. The molecule has 2 aromatic heterocycles. The zero-order valence-corrected chi connectivity index (χ0v) is 10.3. The van der Waals surface area contributed by atoms with E-state index >= 15 is 0 Å². The van der Waals surface area contributed by atoms with E-state index in [0.29, 0.717) is 5.02 Å². The molecule has 0 amide bonds. The first-order valence-electron chi connectivity index (χ1n) is 5.62. The van der Waals surface area contributed by atoms with Crippen molar-refractivity contribution in [3.63, 3.8) is 0 Å². The minimum atomic E-state index is -0.0776. The summed E-state index contributed by atoms with van der Waals surface area (Å²) in [7, 11) is 0. The summed E-state index contributed by atoms with van der Waals surface area (Å²) >= 11 is 5.97. The van der Waals surface area contributed by atoms with Gasteiger partial charge in [-0.2, -0.15) is 0 Å². The lowest BCUT2D eigenvalue weighted by Gasteiger charge is -2.01. The number of rotatable bonds is 2. The van der Waals surface area contributed by atoms with Gasteiger partial charge in [-0.25, -0.2) is 4.98 Å². The van der Waals surface area contributed by atoms with E-state index in [1.165, 1.54) is 0 Å². The minimum Gasteiger partial charge on any atom is -0.390 e. The molecule has 0 aliphatic carbocycles. The summed E-state index contributed by atoms with van der Waals surface area (Å²) in [5, 5.41) is 10.2. The number of benzene rings is 1. The van der Waals surface area contributed by atoms with Crippen LogP contribution in [0.5, 0.6) is 0 Å². The zero-order chi connectivity index (χ0) is 12.5. The van der Waals surface area contributed by atoms with Gasteiger partial charge in [-0.05, 0) is 12.1 Å². The third kappa shape index (κ3) is 1.78. The van der Waals surface area contributed by atoms with Gasteiger partial charge in [-0.15, -0.1) is 0 Å². The standard InChI is InChI=1S/C14H11ClN2O/c15-11-6-7-13-16-14(10-4-2-1-3-5-10)12(9-18)17(13)8-11/h1-8,18H,9H2. The van der Waals surface area contributed by atoms with Gasteiger partial charge in [0.25, 0.3) is 0 Å². The number of aromatic nitrogens is 2. The van der Waals surface area contributed by atoms with E-state index in [4.69, 9.17) is 11.6 Å². The van der Waals surface area contributed by atoms with Gasteiger partial charge >= 0.3 is 0 Å². The molecule has 3 nitrogen and oxygen atoms in total. The highest BCUT2D eigenvalue weighted by atomic mass is 35.5. The van der Waals surface area contributed by atoms with Gasteiger partial charge < -0.3 is 5.11 Å². The summed E-state index contributed by atoms with van der Waals surface area (Å²) < 4.78 is 1.82. The van der Waals surface area contributed by atoms with Crippen molar-refractivity contribution in [2.75, 3.05) is 0 Å². The number of aliphatic hydroxyl groups is 1. The molecule has 0 atom stereocenters. The summed E-state index contributed by atoms with van der Waals surface area (Å²) in [6.07, 6.45) is 1.77. The van der Waals surface area contributed by atoms with Gasteiger partial charge in [0, 0.05) is 11.8 Å². The average Bonchev–Trinajstić information content (AvgIpc) is 2.77. The average molecular weight is 259 g/mol. The van der Waals surface area contributed by atoms with Crippen LogP contribution in [0.2, 0.25) is 5.02 Å². The fourth-order valence-corrected chi connectivity index (χ4v) is 2.21. The maximum atomic E-state index is 9.55. The maximum Gasteiger partial charge on any atom is 0.137 e. The normalized spacial score (nSPS) is 11.0. The van der Waals surface area contributed by atoms with Crippen molar-refractivity contribution in [3.05, 3.63) is 59.4 Å². The van der Waals surface area contributed by atoms with Crippen LogP contribution < -0.4 is 0 Å². The van der Waals surface area contributed by atoms with E-state index in [1.807, 2.05) is 40.8 Å². The first-order chi connectivity index (χ1) is 8.79. The molecule has 1 aromatic carbocycles. The molecule has 0 bridgehead atoms. The van der Waals surface area contributed by atoms with E-state index in [1.54, 1.807) is 12.3 Å². The van der Waals surface area contributed by atoms with Gasteiger partial charge in [-0.1, -0.05) is 41.9 Å². The maximum absolute atomic E-state index is 9.55. The van der Waals surface area contributed by atoms with Crippen LogP contribution in [0, 0.1) is 0 Å². The fourth-order valence-electron chi connectivity index (χ4n) is 2.05. The van der Waals surface area contributed by atoms with Crippen LogP contribution in [0.4, 0.5) is 0 Å². The van der Waals surface area contributed by atoms with Crippen molar-refractivity contribution in [1.82, 2.24) is 9.38 Å². The molecule has 90 valence electrons. The van der Waals surface area contributed by atoms with Crippen LogP contribution in [-0.2, 0) is 6.61 Å². The Balaban J connectivity index is 2.30. The molecule has 18 heavy (non-hydrogen) atoms. The molecular weight excluding hydrogens is 248 g/mol. The SMILES string of the molecule is OCc1c(-c2ccccc2)nc2ccc(Cl)cn12. The number of hydrogen-bond acceptors (Lipinski definition) is 2. The Hall–Kier alpha value is -1.84. The monoisotopic (exact) mass is 258 g/mol. The second-order valence-corrected chi connectivity index (χ2v) is 4.44. The quantitative estimate of drug-likeness (QED) is 0.767. The Morgan fingerprint density at radius 1 is 1.11 bits per heavy atom. The largest absolute Gasteiger partial charge is 0.390 e. The fraction of sp³-hybridized carbons (Fsp3) is 0.0714. The Labute approximate surface area is 109 Å². The molecule has 3 rings (SSSR count). The lowest BCUT2D eigenvalue weighted by atomic mass is 10.1. The van der Waals surface area contributed by atoms with Crippen LogP contribution in [0.15, 0.2) is 48.7 Å². The lowest BCUT2D eigenvalue weighted by Crippen LogP contribution is -1.93. The summed E-state index contributed by atoms with van der Waals surface area (Å²) in [4.78, 5) is 4.54. The highest BCUT2D eigenvalue weighted by Gasteiger charge is 2.12. The van der Waals surface area contributed by atoms with Crippen molar-refractivity contribution < 1.29 is 5.11 Å². The molecule has 4 heteroatoms. The van der Waals surface area contributed by atoms with Gasteiger partial charge in [0.2, 0.25) is 0 Å². The predicted molar refractivity (Wildman–Crippen MR) is 71.6 cm³/mol. The van der Waals surface area contributed by atoms with Crippen molar-refractivity contribution in [2.45, 2.75) is 6.61 Å². The van der Waals surface area contributed by atoms with Gasteiger partial charge in [0.05, 0.1) is 23.0 Å². The van der Waals surface area contributed by atoms with E-state index in [0.717, 1.165) is 22.6 Å². The van der Waals surface area contributed by atoms with Gasteiger partial charge in [0.15, 0.2) is 0 Å². The van der Waals surface area contributed by atoms with Crippen molar-refractivity contribution in [2.24, 2.45) is 0 Å². The van der Waals surface area contributed by atoms with Crippen LogP contribution in [0.3, 0.4) is 0 Å². The molecule has 0 radical (unpaired) electrons. The van der Waals surface area contributed by atoms with E-state index in [9.17, 15) is 5.11 Å². The molecule has 0 spiro atoms. The second-order valence-electron chi connectivity index (χ2n) is 4.01. The van der Waals surface area contributed by atoms with Crippen LogP contribution in [0.25, 0.3) is 16.9 Å². The second kappa shape index (κ2) is 4.44. The number of hydrogen-bond donors (Lipinski definition) is 1. The van der Waals surface area contributed by atoms with Crippen molar-refractivity contribution in [3.8, 4) is 11.3 Å². The first-order valence-corrected chi connectivity index (χ1v) is 6.00. The van der Waals surface area contributed by atoms with E-state index in [2.05, 4.69) is 4.98 Å². The van der Waals surface area contributed by atoms with Crippen molar-refractivity contribution >= 4 is 17.2 Å². The number of halogens is 1. The first kappa shape index (κ1) is 11.3. The third-order valence-electron chi connectivity index (χ3n) is 2.88. The van der Waals surface area contributed by atoms with E-state index in [-0.39, 0.29) is 6.61 Å². The van der Waals surface area contributed by atoms with Crippen LogP contribution in [-0.4, -0.2) is 14.5 Å². The molecule has 0 fully saturated rings. The van der Waals surface area contributed by atoms with Crippen LogP contribution >= 0.6 is 11.6 Å². The number of pyridine rings is 1. The van der Waals surface area contributed by atoms with Gasteiger partial charge in [0.1, 0.15) is 5.65 Å². The van der Waals surface area contributed by atoms with Crippen molar-refractivity contribution in [1.29, 1.82) is 0 Å². The molecule has 3 aromatic rings. The number of aliphatic hydroxyl groups excluding tert-OH is 1. The highest BCUT2D eigenvalue weighted by molar-refractivity contribution is 6.30. The molecule has 0 saturated carbocycles. The molecule has 2 heterocycles. The summed E-state index contributed by atoms with van der Waals surface area (Å²) in [6.45, 7) is -0.0776. The van der Waals surface area contributed by atoms with E-state index < -0.39 is 0 Å². The number of fused-ring (bicyclic) bond motifs is 1. The summed E-state index contributed by atoms with van der Waals surface area (Å²) in [5.41, 5.74) is 3.31. The topological polar surface area (TPSA) is 37.5 Å².